The minimum atomic E-state index is -0.334. The maximum Gasteiger partial charge on any atom is 0.255 e. The number of ether oxygens (including phenoxy) is 3. The zero-order valence-electron chi connectivity index (χ0n) is 22.4. The van der Waals surface area contributed by atoms with E-state index in [1.807, 2.05) is 24.3 Å². The van der Waals surface area contributed by atoms with Gasteiger partial charge < -0.3 is 24.8 Å². The lowest BCUT2D eigenvalue weighted by Crippen LogP contribution is -2.25. The van der Waals surface area contributed by atoms with E-state index in [-0.39, 0.29) is 24.1 Å². The van der Waals surface area contributed by atoms with Crippen LogP contribution in [0.4, 0.5) is 5.13 Å². The van der Waals surface area contributed by atoms with Gasteiger partial charge in [0.05, 0.1) is 55.1 Å². The van der Waals surface area contributed by atoms with E-state index in [4.69, 9.17) is 14.2 Å². The molecule has 5 aromatic rings. The van der Waals surface area contributed by atoms with E-state index in [1.165, 1.54) is 30.2 Å². The maximum atomic E-state index is 13.0. The molecule has 0 fully saturated rings. The fourth-order valence-corrected chi connectivity index (χ4v) is 5.67. The largest absolute Gasteiger partial charge is 0.497 e. The molecular formula is C28H26N6O5S2. The number of anilines is 1. The molecule has 5 rings (SSSR count). The molecule has 3 aromatic carbocycles. The fourth-order valence-electron chi connectivity index (χ4n) is 4.02. The Hall–Kier alpha value is -4.62. The molecule has 2 amide bonds. The molecule has 0 bridgehead atoms. The van der Waals surface area contributed by atoms with E-state index in [0.717, 1.165) is 10.2 Å². The third-order valence-corrected chi connectivity index (χ3v) is 7.84. The molecule has 2 heterocycles. The number of thioether (sulfide) groups is 1. The van der Waals surface area contributed by atoms with Crippen LogP contribution in [0.25, 0.3) is 15.9 Å². The van der Waals surface area contributed by atoms with Gasteiger partial charge in [0, 0.05) is 6.07 Å². The number of hydrogen-bond donors (Lipinski definition) is 2. The number of para-hydroxylation sites is 2. The third-order valence-electron chi connectivity index (χ3n) is 5.96. The molecule has 2 aromatic heterocycles. The summed E-state index contributed by atoms with van der Waals surface area (Å²) in [5.41, 5.74) is 1.80. The number of benzene rings is 3. The average Bonchev–Trinajstić information content (AvgIpc) is 3.61. The molecule has 0 radical (unpaired) electrons. The van der Waals surface area contributed by atoms with Gasteiger partial charge in [-0.15, -0.1) is 10.2 Å². The number of fused-ring (bicyclic) bond motifs is 1. The van der Waals surface area contributed by atoms with Crippen molar-refractivity contribution in [1.29, 1.82) is 0 Å². The van der Waals surface area contributed by atoms with Gasteiger partial charge in [-0.05, 0) is 36.4 Å². The molecule has 0 saturated heterocycles. The van der Waals surface area contributed by atoms with Crippen molar-refractivity contribution in [2.45, 2.75) is 11.7 Å². The topological polar surface area (TPSA) is 129 Å². The van der Waals surface area contributed by atoms with Crippen LogP contribution in [0.2, 0.25) is 0 Å². The van der Waals surface area contributed by atoms with Crippen LogP contribution in [0, 0.1) is 0 Å². The SMILES string of the molecule is COc1ccc(OC)c(-n2c(CNC(=O)c3ccccc3OC)nnc2SCC(=O)Nc2nc3ccccc3s2)c1. The number of aromatic nitrogens is 4. The van der Waals surface area contributed by atoms with E-state index >= 15 is 0 Å². The van der Waals surface area contributed by atoms with Crippen molar-refractivity contribution in [2.24, 2.45) is 0 Å². The number of thiazole rings is 1. The first-order valence-corrected chi connectivity index (χ1v) is 14.2. The summed E-state index contributed by atoms with van der Waals surface area (Å²) < 4.78 is 19.1. The molecule has 0 atom stereocenters. The van der Waals surface area contributed by atoms with Crippen LogP contribution in [-0.2, 0) is 11.3 Å². The average molecular weight is 591 g/mol. The Morgan fingerprint density at radius 1 is 0.927 bits per heavy atom. The number of carbonyl (C=O) groups excluding carboxylic acids is 2. The van der Waals surface area contributed by atoms with Crippen LogP contribution in [0.15, 0.2) is 71.9 Å². The summed E-state index contributed by atoms with van der Waals surface area (Å²) in [6, 6.07) is 19.9. The van der Waals surface area contributed by atoms with Crippen molar-refractivity contribution in [1.82, 2.24) is 25.1 Å². The highest BCUT2D eigenvalue weighted by Gasteiger charge is 2.21. The zero-order chi connectivity index (χ0) is 28.8. The van der Waals surface area contributed by atoms with E-state index < -0.39 is 0 Å². The van der Waals surface area contributed by atoms with Crippen molar-refractivity contribution >= 4 is 50.3 Å². The quantitative estimate of drug-likeness (QED) is 0.213. The van der Waals surface area contributed by atoms with Crippen molar-refractivity contribution in [3.63, 3.8) is 0 Å². The smallest absolute Gasteiger partial charge is 0.255 e. The molecule has 0 unspecified atom stereocenters. The van der Waals surface area contributed by atoms with E-state index in [0.29, 0.717) is 44.6 Å². The first kappa shape index (κ1) is 27.9. The van der Waals surface area contributed by atoms with Crippen LogP contribution in [-0.4, -0.2) is 58.6 Å². The standard InChI is InChI=1S/C28H26N6O5S2/c1-37-17-12-13-22(39-3)20(14-17)34-24(15-29-26(36)18-8-4-6-10-21(18)38-2)32-33-28(34)40-16-25(35)31-27-30-19-9-5-7-11-23(19)41-27/h4-14H,15-16H2,1-3H3,(H,29,36)(H,30,31,35). The molecule has 210 valence electrons. The van der Waals surface area contributed by atoms with Crippen LogP contribution in [0.1, 0.15) is 16.2 Å². The number of hydrogen-bond acceptors (Lipinski definition) is 10. The second-order valence-corrected chi connectivity index (χ2v) is 10.5. The van der Waals surface area contributed by atoms with Crippen molar-refractivity contribution in [3.8, 4) is 22.9 Å². The van der Waals surface area contributed by atoms with Gasteiger partial charge in [-0.2, -0.15) is 0 Å². The summed E-state index contributed by atoms with van der Waals surface area (Å²) in [6.45, 7) is 0.0444. The van der Waals surface area contributed by atoms with Gasteiger partial charge in [0.2, 0.25) is 5.91 Å². The van der Waals surface area contributed by atoms with Crippen LogP contribution in [0.5, 0.6) is 17.2 Å². The van der Waals surface area contributed by atoms with Gasteiger partial charge in [0.1, 0.15) is 17.2 Å². The Morgan fingerprint density at radius 3 is 2.49 bits per heavy atom. The third kappa shape index (κ3) is 6.26. The normalized spacial score (nSPS) is 10.8. The molecule has 0 aliphatic rings. The number of nitrogens with zero attached hydrogens (tertiary/aromatic N) is 4. The minimum absolute atomic E-state index is 0.0444. The van der Waals surface area contributed by atoms with Gasteiger partial charge in [0.15, 0.2) is 16.1 Å². The summed E-state index contributed by atoms with van der Waals surface area (Å²) in [4.78, 5) is 30.3. The second kappa shape index (κ2) is 12.7. The molecule has 0 saturated carbocycles. The molecular weight excluding hydrogens is 564 g/mol. The summed E-state index contributed by atoms with van der Waals surface area (Å²) in [6.07, 6.45) is 0. The van der Waals surface area contributed by atoms with Crippen LogP contribution in [0.3, 0.4) is 0 Å². The predicted molar refractivity (Wildman–Crippen MR) is 158 cm³/mol. The Labute approximate surface area is 243 Å². The van der Waals surface area contributed by atoms with Gasteiger partial charge in [0.25, 0.3) is 5.91 Å². The summed E-state index contributed by atoms with van der Waals surface area (Å²) in [7, 11) is 4.62. The molecule has 13 heteroatoms. The Balaban J connectivity index is 1.39. The lowest BCUT2D eigenvalue weighted by atomic mass is 10.2. The van der Waals surface area contributed by atoms with Crippen molar-refractivity contribution in [3.05, 3.63) is 78.1 Å². The second-order valence-electron chi connectivity index (χ2n) is 8.48. The molecule has 11 nitrogen and oxygen atoms in total. The minimum Gasteiger partial charge on any atom is -0.497 e. The molecule has 0 aliphatic carbocycles. The lowest BCUT2D eigenvalue weighted by molar-refractivity contribution is -0.113. The number of nitrogens with one attached hydrogen (secondary N) is 2. The number of carbonyl (C=O) groups is 2. The monoisotopic (exact) mass is 590 g/mol. The first-order chi connectivity index (χ1) is 20.0. The zero-order valence-corrected chi connectivity index (χ0v) is 24.0. The highest BCUT2D eigenvalue weighted by atomic mass is 32.2. The van der Waals surface area contributed by atoms with Crippen molar-refractivity contribution < 1.29 is 23.8 Å². The molecule has 41 heavy (non-hydrogen) atoms. The van der Waals surface area contributed by atoms with Crippen molar-refractivity contribution in [2.75, 3.05) is 32.4 Å². The van der Waals surface area contributed by atoms with E-state index in [9.17, 15) is 9.59 Å². The van der Waals surface area contributed by atoms with E-state index in [1.54, 1.807) is 61.3 Å². The Kier molecular flexibility index (Phi) is 8.65. The fraction of sp³-hybridized carbons (Fsp3) is 0.179. The summed E-state index contributed by atoms with van der Waals surface area (Å²) in [5.74, 6) is 1.47. The van der Waals surface area contributed by atoms with Gasteiger partial charge >= 0.3 is 0 Å². The first-order valence-electron chi connectivity index (χ1n) is 12.4. The number of amides is 2. The molecule has 0 spiro atoms. The van der Waals surface area contributed by atoms with E-state index in [2.05, 4.69) is 25.8 Å². The van der Waals surface area contributed by atoms with Crippen LogP contribution >= 0.6 is 23.1 Å². The number of methoxy groups -OCH3 is 3. The van der Waals surface area contributed by atoms with Gasteiger partial charge in [-0.3, -0.25) is 14.2 Å². The summed E-state index contributed by atoms with van der Waals surface area (Å²) in [5, 5.41) is 15.3. The Bertz CT molecular complexity index is 1670. The number of rotatable bonds is 11. The van der Waals surface area contributed by atoms with Crippen LogP contribution < -0.4 is 24.8 Å². The Morgan fingerprint density at radius 2 is 1.71 bits per heavy atom. The van der Waals surface area contributed by atoms with Gasteiger partial charge in [-0.1, -0.05) is 47.4 Å². The molecule has 0 aliphatic heterocycles. The highest BCUT2D eigenvalue weighted by molar-refractivity contribution is 7.99. The molecule has 2 N–H and O–H groups in total. The lowest BCUT2D eigenvalue weighted by Gasteiger charge is -2.15. The highest BCUT2D eigenvalue weighted by Crippen LogP contribution is 2.32. The van der Waals surface area contributed by atoms with Gasteiger partial charge in [-0.25, -0.2) is 4.98 Å². The predicted octanol–water partition coefficient (Wildman–Crippen LogP) is 4.56. The maximum absolute atomic E-state index is 13.0. The summed E-state index contributed by atoms with van der Waals surface area (Å²) >= 11 is 2.60.